The fourth-order valence-corrected chi connectivity index (χ4v) is 18.8. The van der Waals surface area contributed by atoms with Crippen LogP contribution in [0.2, 0.25) is 0 Å². The molecule has 6 aliphatic carbocycles. The van der Waals surface area contributed by atoms with Gasteiger partial charge in [0.05, 0.1) is 82.0 Å². The van der Waals surface area contributed by atoms with Crippen molar-refractivity contribution in [3.63, 3.8) is 0 Å². The number of hydrogen-bond donors (Lipinski definition) is 17. The van der Waals surface area contributed by atoms with E-state index in [2.05, 4.69) is 19.9 Å². The van der Waals surface area contributed by atoms with Crippen LogP contribution < -0.4 is 0 Å². The van der Waals surface area contributed by atoms with Crippen molar-refractivity contribution in [1.29, 1.82) is 0 Å². The van der Waals surface area contributed by atoms with Crippen molar-refractivity contribution in [2.24, 2.45) is 55.7 Å². The van der Waals surface area contributed by atoms with E-state index in [1.54, 1.807) is 0 Å². The molecule has 11 aliphatic rings. The summed E-state index contributed by atoms with van der Waals surface area (Å²) < 4.78 is 58.4. The van der Waals surface area contributed by atoms with Gasteiger partial charge in [-0.05, 0) is 96.7 Å². The number of hydrogen-bond acceptors (Lipinski definition) is 28. The second-order valence-electron chi connectivity index (χ2n) is 28.7. The van der Waals surface area contributed by atoms with Crippen molar-refractivity contribution >= 4 is 5.97 Å². The number of carbonyl (C=O) groups excluding carboxylic acids is 1. The first-order valence-corrected chi connectivity index (χ1v) is 30.3. The molecule has 0 aromatic carbocycles. The smallest absolute Gasteiger partial charge is 0.311 e. The highest BCUT2D eigenvalue weighted by molar-refractivity contribution is 5.74. The van der Waals surface area contributed by atoms with Gasteiger partial charge in [0, 0.05) is 5.92 Å². The Bertz CT molecular complexity index is 2490. The normalized spacial score (nSPS) is 55.6. The van der Waals surface area contributed by atoms with E-state index in [-0.39, 0.29) is 25.2 Å². The lowest BCUT2D eigenvalue weighted by Gasteiger charge is -2.71. The molecule has 11 rings (SSSR count). The Morgan fingerprint density at radius 2 is 1.21 bits per heavy atom. The van der Waals surface area contributed by atoms with E-state index in [0.29, 0.717) is 32.1 Å². The SMILES string of the molecule is C[C@H]1O[C@H](O[C@H]2[C@H](OC(=O)[C@@H]3CC(C)(C)C[C@H]4C5=CCC67C[C@@]68C[C@H](O)[C@H](O[C@@H]6O[C@H](CO)[C@@H](O)[C@@H](O)[C@H]6O)C(CO)(CO)[C@]8(C)CC[C@@]7(C)[C@]5(C)CC(O)C34)OC[C@H](O)[C@@H]2O)C(O)[C@H](O)[C@@H]1O[C@@H]1OC[C@@H](O)[C@H](O[C@@H]2OC[C@@](O)(CO)[C@@H]2O)[C@H]1O. The Morgan fingerprint density at radius 1 is 0.581 bits per heavy atom. The maximum atomic E-state index is 15.0. The summed E-state index contributed by atoms with van der Waals surface area (Å²) in [6.07, 6.45) is -31.2. The maximum absolute atomic E-state index is 15.0. The summed E-state index contributed by atoms with van der Waals surface area (Å²) in [6, 6.07) is 0. The number of rotatable bonds is 14. The molecule has 17 N–H and O–H groups in total. The third kappa shape index (κ3) is 9.62. The van der Waals surface area contributed by atoms with Crippen LogP contribution in [-0.2, 0) is 52.2 Å². The first-order valence-electron chi connectivity index (χ1n) is 30.3. The molecule has 32 atom stereocenters. The van der Waals surface area contributed by atoms with Crippen LogP contribution in [0.4, 0.5) is 0 Å². The zero-order valence-corrected chi connectivity index (χ0v) is 49.3. The van der Waals surface area contributed by atoms with Gasteiger partial charge in [0.2, 0.25) is 6.29 Å². The minimum atomic E-state index is -2.07. The fourth-order valence-electron chi connectivity index (χ4n) is 18.8. The second-order valence-corrected chi connectivity index (χ2v) is 28.7. The first-order chi connectivity index (χ1) is 40.3. The summed E-state index contributed by atoms with van der Waals surface area (Å²) in [5.74, 6) is -2.73. The van der Waals surface area contributed by atoms with Crippen molar-refractivity contribution < 1.29 is 139 Å². The number of carbonyl (C=O) groups is 1. The number of aliphatic hydroxyl groups excluding tert-OH is 16. The predicted octanol–water partition coefficient (Wildman–Crippen LogP) is -5.38. The van der Waals surface area contributed by atoms with E-state index < -0.39 is 249 Å². The molecule has 0 bridgehead atoms. The van der Waals surface area contributed by atoms with Crippen molar-refractivity contribution in [3.8, 4) is 0 Å². The lowest BCUT2D eigenvalue weighted by Crippen LogP contribution is -2.72. The molecule has 86 heavy (non-hydrogen) atoms. The van der Waals surface area contributed by atoms with Gasteiger partial charge in [-0.2, -0.15) is 0 Å². The summed E-state index contributed by atoms with van der Waals surface area (Å²) in [4.78, 5) is 15.0. The van der Waals surface area contributed by atoms with Crippen LogP contribution >= 0.6 is 0 Å². The summed E-state index contributed by atoms with van der Waals surface area (Å²) in [5, 5.41) is 188. The molecule has 5 saturated carbocycles. The highest BCUT2D eigenvalue weighted by atomic mass is 16.8. The average Bonchev–Trinajstić information content (AvgIpc) is 1.43. The summed E-state index contributed by atoms with van der Waals surface area (Å²) in [5.41, 5.74) is -6.35. The molecule has 0 aromatic rings. The van der Waals surface area contributed by atoms with Gasteiger partial charge >= 0.3 is 5.97 Å². The summed E-state index contributed by atoms with van der Waals surface area (Å²) in [7, 11) is 0. The van der Waals surface area contributed by atoms with Crippen LogP contribution in [0.15, 0.2) is 11.6 Å². The average molecular weight is 1240 g/mol. The van der Waals surface area contributed by atoms with Crippen molar-refractivity contribution in [2.75, 3.05) is 46.2 Å². The lowest BCUT2D eigenvalue weighted by molar-refractivity contribution is -0.372. The molecule has 492 valence electrons. The largest absolute Gasteiger partial charge is 0.432 e. The number of ether oxygens (including phenoxy) is 10. The van der Waals surface area contributed by atoms with Crippen LogP contribution in [-0.4, -0.2) is 286 Å². The maximum Gasteiger partial charge on any atom is 0.311 e. The van der Waals surface area contributed by atoms with Crippen LogP contribution in [0.25, 0.3) is 0 Å². The monoisotopic (exact) mass is 1240 g/mol. The number of fused-ring (bicyclic) bond motifs is 4. The molecule has 28 nitrogen and oxygen atoms in total. The number of esters is 1. The molecule has 0 amide bonds. The third-order valence-electron chi connectivity index (χ3n) is 24.0. The van der Waals surface area contributed by atoms with E-state index in [0.717, 1.165) is 5.57 Å². The topological polar surface area (TPSA) is 453 Å². The Kier molecular flexibility index (Phi) is 17.6. The van der Waals surface area contributed by atoms with Crippen molar-refractivity contribution in [2.45, 2.75) is 240 Å². The van der Waals surface area contributed by atoms with Crippen LogP contribution in [0.1, 0.15) is 92.9 Å². The summed E-state index contributed by atoms with van der Waals surface area (Å²) >= 11 is 0. The molecule has 28 heteroatoms. The van der Waals surface area contributed by atoms with E-state index in [4.69, 9.17) is 47.4 Å². The van der Waals surface area contributed by atoms with E-state index >= 15 is 0 Å². The molecule has 5 aliphatic heterocycles. The first kappa shape index (κ1) is 65.7. The van der Waals surface area contributed by atoms with Crippen LogP contribution in [0.3, 0.4) is 0 Å². The van der Waals surface area contributed by atoms with Gasteiger partial charge in [-0.15, -0.1) is 0 Å². The van der Waals surface area contributed by atoms with Crippen LogP contribution in [0.5, 0.6) is 0 Å². The zero-order chi connectivity index (χ0) is 62.6. The van der Waals surface area contributed by atoms with Gasteiger partial charge in [-0.25, -0.2) is 0 Å². The Labute approximate surface area is 497 Å². The molecular formula is C58H92O28. The highest BCUT2D eigenvalue weighted by Crippen LogP contribution is 2.93. The van der Waals surface area contributed by atoms with Crippen LogP contribution in [0, 0.1) is 55.7 Å². The lowest BCUT2D eigenvalue weighted by atomic mass is 9.34. The van der Waals surface area contributed by atoms with E-state index in [1.165, 1.54) is 6.92 Å². The molecule has 0 radical (unpaired) electrons. The van der Waals surface area contributed by atoms with Gasteiger partial charge in [-0.3, -0.25) is 4.79 Å². The van der Waals surface area contributed by atoms with Gasteiger partial charge in [-0.1, -0.05) is 46.3 Å². The third-order valence-corrected chi connectivity index (χ3v) is 24.0. The van der Waals surface area contributed by atoms with Gasteiger partial charge in [0.25, 0.3) is 0 Å². The molecule has 2 spiro atoms. The minimum absolute atomic E-state index is 0.175. The Hall–Kier alpha value is -1.83. The van der Waals surface area contributed by atoms with E-state index in [9.17, 15) is 91.6 Å². The Morgan fingerprint density at radius 3 is 1.87 bits per heavy atom. The Balaban J connectivity index is 0.791. The molecule has 0 aromatic heterocycles. The quantitative estimate of drug-likeness (QED) is 0.0439. The molecule has 10 fully saturated rings. The standard InChI is InChI=1S/C58H92O28/c1-23-40(82-46-39(73)41(30(66)17-77-46)83-50-43(74)56(76,21-62)22-79-50)36(70)38(72)47(80-23)84-42-33(67)29(65)16-78-49(42)86-45(75)25-12-51(2,3)11-24-26-7-8-57-18-58(57)14-28(64)44(85-48-37(71)35(69)34(68)31(15-59)81-48)55(19-60,20-61)54(58,6)10-9-53(57,5)52(26,4)13-27(63)32(24)25/h7,23-25,27-44,46-50,59-74,76H,8-22H2,1-6H3/t23-,24+,25-,27?,28+,29+,30-,31-,32?,33+,34-,35-,36+,37-,38?,39-,40-,41+,42-,43-,44+,46+,47-,48+,49+,50+,52-,53+,54+,56+,57?,58-/m1/s1. The molecule has 5 saturated heterocycles. The summed E-state index contributed by atoms with van der Waals surface area (Å²) in [6.45, 7) is 7.55. The van der Waals surface area contributed by atoms with Gasteiger partial charge < -0.3 is 134 Å². The zero-order valence-electron chi connectivity index (χ0n) is 49.3. The van der Waals surface area contributed by atoms with Gasteiger partial charge in [0.1, 0.15) is 85.0 Å². The second kappa shape index (κ2) is 23.0. The van der Waals surface area contributed by atoms with E-state index in [1.807, 2.05) is 20.8 Å². The van der Waals surface area contributed by atoms with Gasteiger partial charge in [0.15, 0.2) is 31.3 Å². The number of aliphatic hydroxyl groups is 17. The molecule has 5 heterocycles. The molecular weight excluding hydrogens is 1140 g/mol. The fraction of sp³-hybridized carbons (Fsp3) is 0.948. The minimum Gasteiger partial charge on any atom is -0.432 e. The molecule has 4 unspecified atom stereocenters. The van der Waals surface area contributed by atoms with Crippen molar-refractivity contribution in [1.82, 2.24) is 0 Å². The van der Waals surface area contributed by atoms with Crippen molar-refractivity contribution in [3.05, 3.63) is 11.6 Å². The highest BCUT2D eigenvalue weighted by Gasteiger charge is 2.89. The number of allylic oxidation sites excluding steroid dienone is 2. The predicted molar refractivity (Wildman–Crippen MR) is 284 cm³/mol.